The average Bonchev–Trinajstić information content (AvgIpc) is 2.61. The maximum absolute atomic E-state index is 12.2. The number of nitrogens with zero attached hydrogens (tertiary/aromatic N) is 1. The van der Waals surface area contributed by atoms with Gasteiger partial charge >= 0.3 is 5.97 Å². The molecule has 0 saturated heterocycles. The predicted octanol–water partition coefficient (Wildman–Crippen LogP) is 3.71. The SMILES string of the molecule is O=C(O)c1cccc(C(=O)C=C(O)c2ccc3ccccc3c2)n1. The van der Waals surface area contributed by atoms with Gasteiger partial charge in [0.1, 0.15) is 17.1 Å². The third-order valence-electron chi connectivity index (χ3n) is 3.53. The number of hydrogen-bond donors (Lipinski definition) is 2. The van der Waals surface area contributed by atoms with Gasteiger partial charge in [-0.15, -0.1) is 0 Å². The number of aromatic nitrogens is 1. The Morgan fingerprint density at radius 3 is 2.29 bits per heavy atom. The van der Waals surface area contributed by atoms with Gasteiger partial charge in [0.05, 0.1) is 0 Å². The van der Waals surface area contributed by atoms with E-state index in [2.05, 4.69) is 4.98 Å². The van der Waals surface area contributed by atoms with Crippen LogP contribution in [0.3, 0.4) is 0 Å². The third kappa shape index (κ3) is 3.15. The van der Waals surface area contributed by atoms with Crippen LogP contribution in [0.25, 0.3) is 16.5 Å². The smallest absolute Gasteiger partial charge is 0.354 e. The molecule has 3 rings (SSSR count). The van der Waals surface area contributed by atoms with E-state index in [-0.39, 0.29) is 17.1 Å². The highest BCUT2D eigenvalue weighted by Gasteiger charge is 2.11. The van der Waals surface area contributed by atoms with E-state index in [1.54, 1.807) is 12.1 Å². The first-order chi connectivity index (χ1) is 11.5. The first-order valence-electron chi connectivity index (χ1n) is 7.19. The number of ketones is 1. The summed E-state index contributed by atoms with van der Waals surface area (Å²) >= 11 is 0. The zero-order valence-electron chi connectivity index (χ0n) is 12.5. The molecule has 0 aliphatic heterocycles. The summed E-state index contributed by atoms with van der Waals surface area (Å²) in [6.45, 7) is 0. The number of carbonyl (C=O) groups excluding carboxylic acids is 1. The molecule has 0 radical (unpaired) electrons. The second kappa shape index (κ2) is 6.34. The predicted molar refractivity (Wildman–Crippen MR) is 90.1 cm³/mol. The van der Waals surface area contributed by atoms with Crippen molar-refractivity contribution in [3.63, 3.8) is 0 Å². The summed E-state index contributed by atoms with van der Waals surface area (Å²) in [5.74, 6) is -1.98. The number of carboxylic acid groups (broad SMARTS) is 1. The highest BCUT2D eigenvalue weighted by Crippen LogP contribution is 2.20. The number of carboxylic acids is 1. The number of aliphatic hydroxyl groups excluding tert-OH is 1. The summed E-state index contributed by atoms with van der Waals surface area (Å²) in [5, 5.41) is 21.1. The van der Waals surface area contributed by atoms with Crippen molar-refractivity contribution in [2.24, 2.45) is 0 Å². The summed E-state index contributed by atoms with van der Waals surface area (Å²) in [6.07, 6.45) is 1.04. The van der Waals surface area contributed by atoms with Gasteiger partial charge in [0.25, 0.3) is 0 Å². The number of benzene rings is 2. The van der Waals surface area contributed by atoms with E-state index in [9.17, 15) is 14.7 Å². The lowest BCUT2D eigenvalue weighted by Crippen LogP contribution is -2.06. The summed E-state index contributed by atoms with van der Waals surface area (Å²) in [7, 11) is 0. The molecule has 0 spiro atoms. The summed E-state index contributed by atoms with van der Waals surface area (Å²) in [4.78, 5) is 26.8. The lowest BCUT2D eigenvalue weighted by Gasteiger charge is -2.03. The van der Waals surface area contributed by atoms with Crippen molar-refractivity contribution < 1.29 is 19.8 Å². The van der Waals surface area contributed by atoms with Crippen LogP contribution in [0.1, 0.15) is 26.5 Å². The van der Waals surface area contributed by atoms with Gasteiger partial charge in [-0.05, 0) is 29.0 Å². The largest absolute Gasteiger partial charge is 0.507 e. The van der Waals surface area contributed by atoms with Crippen LogP contribution in [0, 0.1) is 0 Å². The van der Waals surface area contributed by atoms with Gasteiger partial charge in [0, 0.05) is 11.6 Å². The summed E-state index contributed by atoms with van der Waals surface area (Å²) in [6, 6.07) is 17.1. The minimum Gasteiger partial charge on any atom is -0.507 e. The molecule has 5 nitrogen and oxygen atoms in total. The molecule has 0 fully saturated rings. The second-order valence-electron chi connectivity index (χ2n) is 5.17. The van der Waals surface area contributed by atoms with E-state index in [0.29, 0.717) is 5.56 Å². The number of aliphatic hydroxyl groups is 1. The van der Waals surface area contributed by atoms with Gasteiger partial charge in [0.15, 0.2) is 0 Å². The van der Waals surface area contributed by atoms with Crippen LogP contribution in [0.15, 0.2) is 66.7 Å². The lowest BCUT2D eigenvalue weighted by molar-refractivity contribution is 0.0690. The van der Waals surface area contributed by atoms with Gasteiger partial charge in [-0.3, -0.25) is 4.79 Å². The Balaban J connectivity index is 1.92. The number of carbonyl (C=O) groups is 2. The zero-order valence-corrected chi connectivity index (χ0v) is 12.5. The Kier molecular flexibility index (Phi) is 4.07. The average molecular weight is 319 g/mol. The summed E-state index contributed by atoms with van der Waals surface area (Å²) in [5.41, 5.74) is 0.234. The number of pyridine rings is 1. The van der Waals surface area contributed by atoms with E-state index >= 15 is 0 Å². The molecule has 5 heteroatoms. The molecule has 24 heavy (non-hydrogen) atoms. The zero-order chi connectivity index (χ0) is 17.1. The molecule has 1 aromatic heterocycles. The highest BCUT2D eigenvalue weighted by atomic mass is 16.4. The van der Waals surface area contributed by atoms with Crippen molar-refractivity contribution in [3.05, 3.63) is 83.7 Å². The topological polar surface area (TPSA) is 87.5 Å². The van der Waals surface area contributed by atoms with Gasteiger partial charge in [-0.2, -0.15) is 0 Å². The molecule has 0 bridgehead atoms. The molecular formula is C19H13NO4. The quantitative estimate of drug-likeness (QED) is 0.435. The van der Waals surface area contributed by atoms with Gasteiger partial charge in [0.2, 0.25) is 5.78 Å². The van der Waals surface area contributed by atoms with E-state index in [0.717, 1.165) is 16.8 Å². The molecule has 0 unspecified atom stereocenters. The van der Waals surface area contributed by atoms with Gasteiger partial charge < -0.3 is 10.2 Å². The molecule has 0 aliphatic carbocycles. The molecule has 1 heterocycles. The maximum Gasteiger partial charge on any atom is 0.354 e. The molecule has 2 aromatic carbocycles. The molecular weight excluding hydrogens is 306 g/mol. The molecule has 118 valence electrons. The molecule has 2 N–H and O–H groups in total. The summed E-state index contributed by atoms with van der Waals surface area (Å²) < 4.78 is 0. The van der Waals surface area contributed by atoms with Crippen LogP contribution in [0.4, 0.5) is 0 Å². The van der Waals surface area contributed by atoms with Crippen molar-refractivity contribution in [2.75, 3.05) is 0 Å². The number of aromatic carboxylic acids is 1. The van der Waals surface area contributed by atoms with E-state index in [4.69, 9.17) is 5.11 Å². The number of fused-ring (bicyclic) bond motifs is 1. The molecule has 0 aliphatic rings. The Morgan fingerprint density at radius 1 is 0.833 bits per heavy atom. The van der Waals surface area contributed by atoms with Crippen LogP contribution in [-0.2, 0) is 0 Å². The van der Waals surface area contributed by atoms with Crippen LogP contribution in [-0.4, -0.2) is 26.9 Å². The molecule has 3 aromatic rings. The second-order valence-corrected chi connectivity index (χ2v) is 5.17. The van der Waals surface area contributed by atoms with Crippen LogP contribution in [0.2, 0.25) is 0 Å². The molecule has 0 amide bonds. The minimum absolute atomic E-state index is 0.0396. The van der Waals surface area contributed by atoms with Crippen molar-refractivity contribution in [1.82, 2.24) is 4.98 Å². The fourth-order valence-electron chi connectivity index (χ4n) is 2.32. The number of hydrogen-bond acceptors (Lipinski definition) is 4. The van der Waals surface area contributed by atoms with Crippen molar-refractivity contribution in [1.29, 1.82) is 0 Å². The maximum atomic E-state index is 12.2. The van der Waals surface area contributed by atoms with E-state index in [1.165, 1.54) is 18.2 Å². The Hall–Kier alpha value is -3.47. The minimum atomic E-state index is -1.22. The number of allylic oxidation sites excluding steroid dienone is 1. The Morgan fingerprint density at radius 2 is 1.54 bits per heavy atom. The first-order valence-corrected chi connectivity index (χ1v) is 7.19. The van der Waals surface area contributed by atoms with Crippen LogP contribution < -0.4 is 0 Å². The fraction of sp³-hybridized carbons (Fsp3) is 0. The van der Waals surface area contributed by atoms with Crippen molar-refractivity contribution in [2.45, 2.75) is 0 Å². The normalized spacial score (nSPS) is 11.4. The van der Waals surface area contributed by atoms with Gasteiger partial charge in [-0.25, -0.2) is 9.78 Å². The monoisotopic (exact) mass is 319 g/mol. The van der Waals surface area contributed by atoms with Crippen LogP contribution in [0.5, 0.6) is 0 Å². The number of rotatable bonds is 4. The lowest BCUT2D eigenvalue weighted by atomic mass is 10.0. The molecule has 0 saturated carbocycles. The molecule has 0 atom stereocenters. The fourth-order valence-corrected chi connectivity index (χ4v) is 2.32. The van der Waals surface area contributed by atoms with Crippen molar-refractivity contribution >= 4 is 28.3 Å². The van der Waals surface area contributed by atoms with E-state index < -0.39 is 11.8 Å². The Labute approximate surface area is 137 Å². The first kappa shape index (κ1) is 15.4. The van der Waals surface area contributed by atoms with Gasteiger partial charge in [-0.1, -0.05) is 42.5 Å². The highest BCUT2D eigenvalue weighted by molar-refractivity contribution is 6.07. The standard InChI is InChI=1S/C19H13NO4/c21-17(14-9-8-12-4-1-2-5-13(12)10-14)11-18(22)15-6-3-7-16(20-15)19(23)24/h1-11,21H,(H,23,24). The van der Waals surface area contributed by atoms with Crippen LogP contribution >= 0.6 is 0 Å². The Bertz CT molecular complexity index is 976. The van der Waals surface area contributed by atoms with Crippen molar-refractivity contribution in [3.8, 4) is 0 Å². The third-order valence-corrected chi connectivity index (χ3v) is 3.53. The van der Waals surface area contributed by atoms with E-state index in [1.807, 2.05) is 30.3 Å².